The molecule has 118 valence electrons. The van der Waals surface area contributed by atoms with Crippen LogP contribution in [0.2, 0.25) is 0 Å². The summed E-state index contributed by atoms with van der Waals surface area (Å²) in [6.07, 6.45) is 5.74. The Morgan fingerprint density at radius 3 is 2.52 bits per heavy atom. The van der Waals surface area contributed by atoms with Crippen molar-refractivity contribution < 1.29 is 19.4 Å². The molecule has 2 aliphatic carbocycles. The van der Waals surface area contributed by atoms with Gasteiger partial charge in [-0.15, -0.1) is 0 Å². The molecule has 2 amide bonds. The largest absolute Gasteiger partial charge is 0.481 e. The number of amides is 2. The summed E-state index contributed by atoms with van der Waals surface area (Å²) in [5, 5.41) is 15.3. The normalized spacial score (nSPS) is 33.6. The minimum absolute atomic E-state index is 0.179. The van der Waals surface area contributed by atoms with Gasteiger partial charge in [-0.1, -0.05) is 6.42 Å². The van der Waals surface area contributed by atoms with Crippen molar-refractivity contribution in [1.82, 2.24) is 10.6 Å². The molecule has 0 aromatic rings. The monoisotopic (exact) mass is 296 g/mol. The van der Waals surface area contributed by atoms with Crippen LogP contribution >= 0.6 is 0 Å². The lowest BCUT2D eigenvalue weighted by atomic mass is 9.80. The van der Waals surface area contributed by atoms with E-state index < -0.39 is 11.4 Å². The van der Waals surface area contributed by atoms with E-state index in [-0.39, 0.29) is 18.6 Å². The number of fused-ring (bicyclic) bond motifs is 2. The van der Waals surface area contributed by atoms with E-state index in [1.165, 1.54) is 19.3 Å². The fraction of sp³-hybridized carbons (Fsp3) is 0.867. The van der Waals surface area contributed by atoms with E-state index in [1.807, 2.05) is 0 Å². The second kappa shape index (κ2) is 5.83. The van der Waals surface area contributed by atoms with E-state index in [0.29, 0.717) is 32.0 Å². The van der Waals surface area contributed by atoms with Crippen LogP contribution in [-0.2, 0) is 9.53 Å². The van der Waals surface area contributed by atoms with Crippen molar-refractivity contribution in [3.63, 3.8) is 0 Å². The second-order valence-corrected chi connectivity index (χ2v) is 6.81. The number of carboxylic acid groups (broad SMARTS) is 1. The SMILES string of the molecule is O=C(NCC1(C(=O)O)CCOCC1)NC1CC2CCC1C2. The molecule has 0 aromatic heterocycles. The van der Waals surface area contributed by atoms with Gasteiger partial charge in [0.2, 0.25) is 0 Å². The Balaban J connectivity index is 1.49. The molecule has 3 fully saturated rings. The summed E-state index contributed by atoms with van der Waals surface area (Å²) in [5.41, 5.74) is -0.871. The van der Waals surface area contributed by atoms with Crippen molar-refractivity contribution >= 4 is 12.0 Å². The number of hydrogen-bond donors (Lipinski definition) is 3. The maximum atomic E-state index is 12.0. The minimum Gasteiger partial charge on any atom is -0.481 e. The number of ether oxygens (including phenoxy) is 1. The van der Waals surface area contributed by atoms with Crippen molar-refractivity contribution in [2.45, 2.75) is 44.6 Å². The molecule has 3 atom stereocenters. The minimum atomic E-state index is -0.871. The first-order chi connectivity index (χ1) is 10.1. The molecule has 1 aliphatic heterocycles. The second-order valence-electron chi connectivity index (χ2n) is 6.81. The third kappa shape index (κ3) is 3.00. The van der Waals surface area contributed by atoms with Crippen LogP contribution in [0.5, 0.6) is 0 Å². The summed E-state index contributed by atoms with van der Waals surface area (Å²) in [7, 11) is 0. The van der Waals surface area contributed by atoms with Crippen LogP contribution in [0.1, 0.15) is 38.5 Å². The molecule has 3 N–H and O–H groups in total. The van der Waals surface area contributed by atoms with Crippen molar-refractivity contribution in [3.8, 4) is 0 Å². The van der Waals surface area contributed by atoms with E-state index in [0.717, 1.165) is 12.3 Å². The Hall–Kier alpha value is -1.30. The predicted octanol–water partition coefficient (Wildman–Crippen LogP) is 1.36. The smallest absolute Gasteiger partial charge is 0.315 e. The van der Waals surface area contributed by atoms with E-state index in [4.69, 9.17) is 4.74 Å². The van der Waals surface area contributed by atoms with Gasteiger partial charge in [-0.05, 0) is 43.9 Å². The average molecular weight is 296 g/mol. The van der Waals surface area contributed by atoms with Gasteiger partial charge >= 0.3 is 12.0 Å². The standard InChI is InChI=1S/C15H24N2O4/c18-13(19)15(3-5-21-6-4-15)9-16-14(20)17-12-8-10-1-2-11(12)7-10/h10-12H,1-9H2,(H,18,19)(H2,16,17,20). The Bertz CT molecular complexity index is 420. The molecule has 3 unspecified atom stereocenters. The summed E-state index contributed by atoms with van der Waals surface area (Å²) >= 11 is 0. The summed E-state index contributed by atoms with van der Waals surface area (Å²) < 4.78 is 5.23. The number of hydrogen-bond acceptors (Lipinski definition) is 3. The van der Waals surface area contributed by atoms with Gasteiger partial charge in [0.05, 0.1) is 5.41 Å². The number of carbonyl (C=O) groups excluding carboxylic acids is 1. The lowest BCUT2D eigenvalue weighted by molar-refractivity contribution is -0.154. The van der Waals surface area contributed by atoms with Gasteiger partial charge in [0, 0.05) is 25.8 Å². The van der Waals surface area contributed by atoms with Crippen LogP contribution in [0.3, 0.4) is 0 Å². The highest BCUT2D eigenvalue weighted by molar-refractivity contribution is 5.78. The molecule has 2 bridgehead atoms. The van der Waals surface area contributed by atoms with Crippen LogP contribution in [0.4, 0.5) is 4.79 Å². The third-order valence-electron chi connectivity index (χ3n) is 5.55. The molecular weight excluding hydrogens is 272 g/mol. The molecule has 21 heavy (non-hydrogen) atoms. The van der Waals surface area contributed by atoms with Crippen LogP contribution in [0, 0.1) is 17.3 Å². The average Bonchev–Trinajstić information content (AvgIpc) is 3.08. The van der Waals surface area contributed by atoms with E-state index in [1.54, 1.807) is 0 Å². The van der Waals surface area contributed by atoms with Gasteiger partial charge in [-0.3, -0.25) is 4.79 Å². The van der Waals surface area contributed by atoms with E-state index in [9.17, 15) is 14.7 Å². The van der Waals surface area contributed by atoms with Crippen LogP contribution in [0.15, 0.2) is 0 Å². The lowest BCUT2D eigenvalue weighted by Crippen LogP contribution is -2.51. The highest BCUT2D eigenvalue weighted by atomic mass is 16.5. The van der Waals surface area contributed by atoms with Crippen LogP contribution < -0.4 is 10.6 Å². The van der Waals surface area contributed by atoms with Gasteiger partial charge in [-0.25, -0.2) is 4.79 Å². The topological polar surface area (TPSA) is 87.7 Å². The van der Waals surface area contributed by atoms with Gasteiger partial charge in [0.25, 0.3) is 0 Å². The highest BCUT2D eigenvalue weighted by Crippen LogP contribution is 2.44. The molecule has 1 saturated heterocycles. The predicted molar refractivity (Wildman–Crippen MR) is 75.9 cm³/mol. The van der Waals surface area contributed by atoms with Crippen molar-refractivity contribution in [1.29, 1.82) is 0 Å². The first kappa shape index (κ1) is 14.6. The third-order valence-corrected chi connectivity index (χ3v) is 5.55. The van der Waals surface area contributed by atoms with Crippen molar-refractivity contribution in [2.75, 3.05) is 19.8 Å². The Morgan fingerprint density at radius 2 is 1.95 bits per heavy atom. The van der Waals surface area contributed by atoms with E-state index >= 15 is 0 Å². The number of carbonyl (C=O) groups is 2. The molecule has 0 aromatic carbocycles. The molecule has 6 heteroatoms. The maximum absolute atomic E-state index is 12.0. The molecule has 3 rings (SSSR count). The Kier molecular flexibility index (Phi) is 4.06. The number of nitrogens with one attached hydrogen (secondary N) is 2. The van der Waals surface area contributed by atoms with Gasteiger partial charge < -0.3 is 20.5 Å². The van der Waals surface area contributed by atoms with E-state index in [2.05, 4.69) is 10.6 Å². The maximum Gasteiger partial charge on any atom is 0.315 e. The molecule has 1 heterocycles. The summed E-state index contributed by atoms with van der Waals surface area (Å²) in [6, 6.07) is 0.0545. The number of aliphatic carboxylic acids is 1. The zero-order valence-electron chi connectivity index (χ0n) is 12.3. The molecule has 3 aliphatic rings. The fourth-order valence-electron chi connectivity index (χ4n) is 4.12. The van der Waals surface area contributed by atoms with Crippen molar-refractivity contribution in [3.05, 3.63) is 0 Å². The highest BCUT2D eigenvalue weighted by Gasteiger charge is 2.42. The first-order valence-electron chi connectivity index (χ1n) is 7.94. The number of rotatable bonds is 4. The summed E-state index contributed by atoms with van der Waals surface area (Å²) in [5.74, 6) is 0.560. The molecule has 0 radical (unpaired) electrons. The van der Waals surface area contributed by atoms with Crippen LogP contribution in [0.25, 0.3) is 0 Å². The molecule has 6 nitrogen and oxygen atoms in total. The first-order valence-corrected chi connectivity index (χ1v) is 7.94. The zero-order valence-corrected chi connectivity index (χ0v) is 12.3. The van der Waals surface area contributed by atoms with Gasteiger partial charge in [-0.2, -0.15) is 0 Å². The summed E-state index contributed by atoms with van der Waals surface area (Å²) in [6.45, 7) is 1.07. The summed E-state index contributed by atoms with van der Waals surface area (Å²) in [4.78, 5) is 23.5. The Morgan fingerprint density at radius 1 is 1.19 bits per heavy atom. The van der Waals surface area contributed by atoms with Gasteiger partial charge in [0.1, 0.15) is 0 Å². The fourth-order valence-corrected chi connectivity index (χ4v) is 4.12. The van der Waals surface area contributed by atoms with Crippen molar-refractivity contribution in [2.24, 2.45) is 17.3 Å². The number of urea groups is 1. The zero-order chi connectivity index (χ0) is 14.9. The Labute approximate surface area is 124 Å². The molecular formula is C15H24N2O4. The quantitative estimate of drug-likeness (QED) is 0.731. The lowest BCUT2D eigenvalue weighted by Gasteiger charge is -2.33. The van der Waals surface area contributed by atoms with Gasteiger partial charge in [0.15, 0.2) is 0 Å². The van der Waals surface area contributed by atoms with Crippen LogP contribution in [-0.4, -0.2) is 42.9 Å². The number of carboxylic acids is 1. The molecule has 2 saturated carbocycles. The molecule has 0 spiro atoms.